The molecule has 0 saturated heterocycles. The van der Waals surface area contributed by atoms with E-state index in [2.05, 4.69) is 31.3 Å². The van der Waals surface area contributed by atoms with Crippen LogP contribution in [0.5, 0.6) is 0 Å². The Balaban J connectivity index is 4.26. The summed E-state index contributed by atoms with van der Waals surface area (Å²) < 4.78 is 23.0. The van der Waals surface area contributed by atoms with Gasteiger partial charge in [0.2, 0.25) is 5.91 Å². The second-order valence-electron chi connectivity index (χ2n) is 14.6. The zero-order chi connectivity index (χ0) is 35.8. The van der Waals surface area contributed by atoms with Gasteiger partial charge in [-0.2, -0.15) is 0 Å². The van der Waals surface area contributed by atoms with Gasteiger partial charge in [-0.05, 0) is 25.7 Å². The minimum absolute atomic E-state index is 0.00525. The van der Waals surface area contributed by atoms with Crippen LogP contribution >= 0.6 is 7.82 Å². The molecule has 0 aliphatic rings. The molecule has 0 aromatic heterocycles. The molecule has 2 N–H and O–H groups in total. The van der Waals surface area contributed by atoms with E-state index in [1.54, 1.807) is 6.08 Å². The highest BCUT2D eigenvalue weighted by Crippen LogP contribution is 2.38. The maximum Gasteiger partial charge on any atom is 0.268 e. The van der Waals surface area contributed by atoms with Gasteiger partial charge in [0.1, 0.15) is 13.2 Å². The monoisotopic (exact) mass is 701 g/mol. The highest BCUT2D eigenvalue weighted by molar-refractivity contribution is 7.45. The summed E-state index contributed by atoms with van der Waals surface area (Å²) >= 11 is 0. The molecule has 0 aromatic carbocycles. The predicted molar refractivity (Wildman–Crippen MR) is 201 cm³/mol. The Bertz CT molecular complexity index is 845. The standard InChI is InChI=1S/C39H77N2O6P/c1-6-8-10-12-14-15-16-17-18-19-20-21-22-23-24-25-27-29-31-33-39(43)40-37(38(42)32-30-28-26-13-11-9-7-2)36-47-48(44,45)46-35-34-41(3,4)5/h11,13,30,32,37-38,42H,6-10,12,14-29,31,33-36H2,1-5H3,(H-,40,43,44,45)/b13-11+,32-30+. The maximum absolute atomic E-state index is 12.7. The number of rotatable bonds is 35. The first-order valence-corrected chi connectivity index (χ1v) is 21.2. The van der Waals surface area contributed by atoms with E-state index in [9.17, 15) is 19.4 Å². The van der Waals surface area contributed by atoms with Crippen LogP contribution in [-0.4, -0.2) is 68.5 Å². The summed E-state index contributed by atoms with van der Waals surface area (Å²) in [6, 6.07) is -0.894. The molecule has 284 valence electrons. The maximum atomic E-state index is 12.7. The van der Waals surface area contributed by atoms with E-state index in [4.69, 9.17) is 9.05 Å². The molecule has 0 saturated carbocycles. The summed E-state index contributed by atoms with van der Waals surface area (Å²) in [7, 11) is 1.24. The first-order valence-electron chi connectivity index (χ1n) is 19.7. The van der Waals surface area contributed by atoms with Crippen LogP contribution in [0, 0.1) is 0 Å². The van der Waals surface area contributed by atoms with Crippen molar-refractivity contribution in [1.29, 1.82) is 0 Å². The second-order valence-corrected chi connectivity index (χ2v) is 16.0. The van der Waals surface area contributed by atoms with Crippen molar-refractivity contribution in [3.05, 3.63) is 24.3 Å². The lowest BCUT2D eigenvalue weighted by Crippen LogP contribution is -2.45. The number of carbonyl (C=O) groups excluding carboxylic acids is 1. The lowest BCUT2D eigenvalue weighted by atomic mass is 10.0. The van der Waals surface area contributed by atoms with Gasteiger partial charge in [-0.15, -0.1) is 0 Å². The van der Waals surface area contributed by atoms with Crippen molar-refractivity contribution in [3.63, 3.8) is 0 Å². The zero-order valence-corrected chi connectivity index (χ0v) is 32.8. The highest BCUT2D eigenvalue weighted by Gasteiger charge is 2.23. The quantitative estimate of drug-likeness (QED) is 0.0295. The van der Waals surface area contributed by atoms with Gasteiger partial charge in [0, 0.05) is 6.42 Å². The molecule has 9 heteroatoms. The van der Waals surface area contributed by atoms with Gasteiger partial charge < -0.3 is 28.8 Å². The fourth-order valence-electron chi connectivity index (χ4n) is 5.47. The van der Waals surface area contributed by atoms with Crippen molar-refractivity contribution >= 4 is 13.7 Å². The molecule has 0 radical (unpaired) electrons. The van der Waals surface area contributed by atoms with Crippen LogP contribution in [0.4, 0.5) is 0 Å². The molecule has 0 spiro atoms. The topological polar surface area (TPSA) is 108 Å². The Labute approximate surface area is 296 Å². The molecule has 0 fully saturated rings. The van der Waals surface area contributed by atoms with E-state index in [1.165, 1.54) is 103 Å². The lowest BCUT2D eigenvalue weighted by Gasteiger charge is -2.29. The van der Waals surface area contributed by atoms with Crippen LogP contribution in [0.1, 0.15) is 168 Å². The summed E-state index contributed by atoms with van der Waals surface area (Å²) in [5.41, 5.74) is 0. The number of hydrogen-bond acceptors (Lipinski definition) is 6. The first kappa shape index (κ1) is 47.0. The van der Waals surface area contributed by atoms with Crippen LogP contribution in [-0.2, 0) is 18.4 Å². The molecular formula is C39H77N2O6P. The number of carbonyl (C=O) groups is 1. The van der Waals surface area contributed by atoms with Gasteiger partial charge >= 0.3 is 0 Å². The average Bonchev–Trinajstić information content (AvgIpc) is 3.02. The van der Waals surface area contributed by atoms with Crippen molar-refractivity contribution in [2.24, 2.45) is 0 Å². The normalized spacial score (nSPS) is 14.9. The number of aliphatic hydroxyl groups excluding tert-OH is 1. The highest BCUT2D eigenvalue weighted by atomic mass is 31.2. The molecule has 8 nitrogen and oxygen atoms in total. The molecule has 3 atom stereocenters. The molecule has 0 bridgehead atoms. The van der Waals surface area contributed by atoms with Crippen molar-refractivity contribution in [2.75, 3.05) is 40.9 Å². The predicted octanol–water partition coefficient (Wildman–Crippen LogP) is 9.55. The first-order chi connectivity index (χ1) is 23.0. The number of aliphatic hydroxyl groups is 1. The van der Waals surface area contributed by atoms with E-state index in [0.717, 1.165) is 44.9 Å². The number of nitrogens with one attached hydrogen (secondary N) is 1. The second kappa shape index (κ2) is 31.9. The molecule has 0 aliphatic heterocycles. The third-order valence-electron chi connectivity index (χ3n) is 8.65. The summed E-state index contributed by atoms with van der Waals surface area (Å²) in [5.74, 6) is -0.211. The number of amides is 1. The van der Waals surface area contributed by atoms with Crippen molar-refractivity contribution in [3.8, 4) is 0 Å². The van der Waals surface area contributed by atoms with Gasteiger partial charge in [0.25, 0.3) is 7.82 Å². The number of nitrogens with zero attached hydrogens (tertiary/aromatic N) is 1. The third-order valence-corrected chi connectivity index (χ3v) is 9.61. The van der Waals surface area contributed by atoms with Gasteiger partial charge in [-0.1, -0.05) is 160 Å². The molecule has 3 unspecified atom stereocenters. The molecular weight excluding hydrogens is 623 g/mol. The molecule has 0 heterocycles. The molecule has 1 amide bonds. The number of unbranched alkanes of at least 4 members (excludes halogenated alkanes) is 20. The van der Waals surface area contributed by atoms with E-state index >= 15 is 0 Å². The Morgan fingerprint density at radius 1 is 0.708 bits per heavy atom. The summed E-state index contributed by atoms with van der Waals surface area (Å²) in [6.45, 7) is 4.51. The third kappa shape index (κ3) is 33.5. The Hall–Kier alpha value is -1.02. The number of phosphoric ester groups is 1. The Morgan fingerprint density at radius 3 is 1.65 bits per heavy atom. The fraction of sp³-hybridized carbons (Fsp3) is 0.872. The van der Waals surface area contributed by atoms with Crippen molar-refractivity contribution in [1.82, 2.24) is 5.32 Å². The van der Waals surface area contributed by atoms with Crippen LogP contribution in [0.25, 0.3) is 0 Å². The van der Waals surface area contributed by atoms with Crippen molar-refractivity contribution < 1.29 is 32.9 Å². The van der Waals surface area contributed by atoms with Gasteiger partial charge in [-0.3, -0.25) is 9.36 Å². The van der Waals surface area contributed by atoms with E-state index in [1.807, 2.05) is 27.2 Å². The largest absolute Gasteiger partial charge is 0.756 e. The molecule has 0 aliphatic carbocycles. The summed E-state index contributed by atoms with van der Waals surface area (Å²) in [4.78, 5) is 25.1. The minimum atomic E-state index is -4.58. The van der Waals surface area contributed by atoms with Crippen molar-refractivity contribution in [2.45, 2.75) is 180 Å². The Morgan fingerprint density at radius 2 is 1.17 bits per heavy atom. The minimum Gasteiger partial charge on any atom is -0.756 e. The van der Waals surface area contributed by atoms with Gasteiger partial charge in [0.15, 0.2) is 0 Å². The van der Waals surface area contributed by atoms with Gasteiger partial charge in [0.05, 0.1) is 39.9 Å². The number of hydrogen-bond donors (Lipinski definition) is 2. The smallest absolute Gasteiger partial charge is 0.268 e. The van der Waals surface area contributed by atoms with E-state index < -0.39 is 26.6 Å². The number of phosphoric acid groups is 1. The number of quaternary nitrogens is 1. The average molecular weight is 701 g/mol. The summed E-state index contributed by atoms with van der Waals surface area (Å²) in [5, 5.41) is 13.6. The molecule has 48 heavy (non-hydrogen) atoms. The lowest BCUT2D eigenvalue weighted by molar-refractivity contribution is -0.870. The SMILES string of the molecule is CCC/C=C/CC/C=C/C(O)C(COP(=O)([O-])OCC[N+](C)(C)C)NC(=O)CCCCCCCCCCCCCCCCCCCCC. The van der Waals surface area contributed by atoms with Gasteiger partial charge in [-0.25, -0.2) is 0 Å². The Kier molecular flexibility index (Phi) is 31.2. The number of allylic oxidation sites excluding steroid dienone is 3. The zero-order valence-electron chi connectivity index (χ0n) is 31.9. The van der Waals surface area contributed by atoms with Crippen LogP contribution in [0.2, 0.25) is 0 Å². The summed E-state index contributed by atoms with van der Waals surface area (Å²) in [6.07, 6.45) is 35.4. The van der Waals surface area contributed by atoms with Crippen LogP contribution in [0.15, 0.2) is 24.3 Å². The van der Waals surface area contributed by atoms with E-state index in [0.29, 0.717) is 17.4 Å². The number of likely N-dealkylation sites (N-methyl/N-ethyl adjacent to an activating group) is 1. The fourth-order valence-corrected chi connectivity index (χ4v) is 6.19. The molecule has 0 rings (SSSR count). The molecule has 0 aromatic rings. The van der Waals surface area contributed by atoms with Crippen LogP contribution < -0.4 is 10.2 Å². The van der Waals surface area contributed by atoms with E-state index in [-0.39, 0.29) is 12.5 Å². The van der Waals surface area contributed by atoms with Crippen LogP contribution in [0.3, 0.4) is 0 Å².